The number of piperazine rings is 1. The molecule has 1 fully saturated rings. The number of carbonyl (C=O) groups is 2. The highest BCUT2D eigenvalue weighted by Crippen LogP contribution is 2.26. The van der Waals surface area contributed by atoms with E-state index in [1.54, 1.807) is 46.2 Å². The smallest absolute Gasteiger partial charge is 0.321 e. The molecule has 2 aromatic rings. The molecule has 148 valence electrons. The van der Waals surface area contributed by atoms with Crippen molar-refractivity contribution in [3.05, 3.63) is 56.5 Å². The van der Waals surface area contributed by atoms with Crippen molar-refractivity contribution in [2.75, 3.05) is 36.8 Å². The number of halogens is 4. The van der Waals surface area contributed by atoms with Gasteiger partial charge in [0, 0.05) is 37.6 Å². The van der Waals surface area contributed by atoms with E-state index >= 15 is 0 Å². The van der Waals surface area contributed by atoms with Crippen molar-refractivity contribution >= 4 is 69.8 Å². The summed E-state index contributed by atoms with van der Waals surface area (Å²) in [6, 6.07) is 9.23. The van der Waals surface area contributed by atoms with Gasteiger partial charge in [0.05, 0.1) is 20.1 Å². The maximum absolute atomic E-state index is 12.4. The normalized spacial score (nSPS) is 14.0. The third-order valence-electron chi connectivity index (χ3n) is 4.20. The summed E-state index contributed by atoms with van der Waals surface area (Å²) < 4.78 is 0. The third kappa shape index (κ3) is 5.14. The predicted octanol–water partition coefficient (Wildman–Crippen LogP) is 5.68. The van der Waals surface area contributed by atoms with Crippen LogP contribution in [0.15, 0.2) is 36.4 Å². The average molecular weight is 462 g/mol. The Bertz CT molecular complexity index is 828. The first kappa shape index (κ1) is 20.9. The van der Waals surface area contributed by atoms with Crippen LogP contribution in [0, 0.1) is 0 Å². The largest absolute Gasteiger partial charge is 0.321 e. The van der Waals surface area contributed by atoms with Crippen LogP contribution in [0.25, 0.3) is 0 Å². The minimum atomic E-state index is -0.261. The van der Waals surface area contributed by atoms with Crippen LogP contribution in [0.2, 0.25) is 20.1 Å². The Hall–Kier alpha value is -1.86. The standard InChI is InChI=1S/C18H16Cl4N4O2/c19-13-3-1-11(9-15(13)21)23-17(27)25-5-7-26(8-6-25)18(28)24-12-2-4-14(20)16(22)10-12/h1-4,9-10H,5-8H2,(H,23,27)(H,24,28). The molecule has 1 aliphatic heterocycles. The van der Waals surface area contributed by atoms with Crippen LogP contribution in [0.5, 0.6) is 0 Å². The van der Waals surface area contributed by atoms with Crippen LogP contribution in [-0.2, 0) is 0 Å². The molecule has 0 spiro atoms. The molecule has 0 unspecified atom stereocenters. The van der Waals surface area contributed by atoms with E-state index < -0.39 is 0 Å². The number of anilines is 2. The highest BCUT2D eigenvalue weighted by Gasteiger charge is 2.24. The first-order chi connectivity index (χ1) is 13.3. The Morgan fingerprint density at radius 2 is 1.00 bits per heavy atom. The lowest BCUT2D eigenvalue weighted by Gasteiger charge is -2.34. The number of urea groups is 2. The minimum Gasteiger partial charge on any atom is -0.321 e. The molecule has 0 aromatic heterocycles. The predicted molar refractivity (Wildman–Crippen MR) is 114 cm³/mol. The quantitative estimate of drug-likeness (QED) is 0.603. The van der Waals surface area contributed by atoms with E-state index in [0.29, 0.717) is 57.6 Å². The molecule has 0 radical (unpaired) electrons. The molecule has 2 aromatic carbocycles. The molecule has 1 heterocycles. The lowest BCUT2D eigenvalue weighted by Crippen LogP contribution is -2.52. The number of rotatable bonds is 2. The summed E-state index contributed by atoms with van der Waals surface area (Å²) in [5.41, 5.74) is 1.11. The lowest BCUT2D eigenvalue weighted by molar-refractivity contribution is 0.156. The van der Waals surface area contributed by atoms with Gasteiger partial charge in [-0.2, -0.15) is 0 Å². The van der Waals surface area contributed by atoms with Crippen LogP contribution in [0.3, 0.4) is 0 Å². The number of carbonyl (C=O) groups excluding carboxylic acids is 2. The van der Waals surface area contributed by atoms with Crippen LogP contribution >= 0.6 is 46.4 Å². The maximum atomic E-state index is 12.4. The fourth-order valence-corrected chi connectivity index (χ4v) is 3.26. The molecule has 0 atom stereocenters. The van der Waals surface area contributed by atoms with E-state index in [9.17, 15) is 9.59 Å². The number of hydrogen-bond acceptors (Lipinski definition) is 2. The lowest BCUT2D eigenvalue weighted by atomic mass is 10.3. The summed E-state index contributed by atoms with van der Waals surface area (Å²) in [5.74, 6) is 0. The fourth-order valence-electron chi connectivity index (χ4n) is 2.67. The summed E-state index contributed by atoms with van der Waals surface area (Å²) in [6.45, 7) is 1.62. The first-order valence-corrected chi connectivity index (χ1v) is 9.86. The van der Waals surface area contributed by atoms with E-state index in [1.165, 1.54) is 0 Å². The second-order valence-corrected chi connectivity index (χ2v) is 7.72. The van der Waals surface area contributed by atoms with Crippen molar-refractivity contribution in [1.82, 2.24) is 9.80 Å². The van der Waals surface area contributed by atoms with E-state index in [4.69, 9.17) is 46.4 Å². The molecule has 0 saturated carbocycles. The Balaban J connectivity index is 1.51. The summed E-state index contributed by atoms with van der Waals surface area (Å²) in [5, 5.41) is 7.11. The topological polar surface area (TPSA) is 64.7 Å². The Morgan fingerprint density at radius 1 is 0.643 bits per heavy atom. The van der Waals surface area contributed by atoms with Crippen LogP contribution in [-0.4, -0.2) is 48.0 Å². The van der Waals surface area contributed by atoms with E-state index in [0.717, 1.165) is 0 Å². The van der Waals surface area contributed by atoms with Crippen LogP contribution in [0.4, 0.5) is 21.0 Å². The highest BCUT2D eigenvalue weighted by molar-refractivity contribution is 6.42. The Morgan fingerprint density at radius 3 is 1.32 bits per heavy atom. The number of hydrogen-bond donors (Lipinski definition) is 2. The molecular weight excluding hydrogens is 446 g/mol. The number of nitrogens with zero attached hydrogens (tertiary/aromatic N) is 2. The molecule has 1 saturated heterocycles. The molecule has 28 heavy (non-hydrogen) atoms. The van der Waals surface area contributed by atoms with Gasteiger partial charge in [-0.1, -0.05) is 46.4 Å². The maximum Gasteiger partial charge on any atom is 0.321 e. The van der Waals surface area contributed by atoms with Crippen LogP contribution < -0.4 is 10.6 Å². The van der Waals surface area contributed by atoms with E-state index in [-0.39, 0.29) is 12.1 Å². The van der Waals surface area contributed by atoms with Gasteiger partial charge in [-0.05, 0) is 36.4 Å². The van der Waals surface area contributed by atoms with Gasteiger partial charge >= 0.3 is 12.1 Å². The first-order valence-electron chi connectivity index (χ1n) is 8.35. The van der Waals surface area contributed by atoms with Gasteiger partial charge in [-0.3, -0.25) is 0 Å². The summed E-state index contributed by atoms with van der Waals surface area (Å²) in [7, 11) is 0. The van der Waals surface area contributed by atoms with Crippen molar-refractivity contribution in [3.8, 4) is 0 Å². The molecule has 0 bridgehead atoms. The van der Waals surface area contributed by atoms with Gasteiger partial charge in [0.1, 0.15) is 0 Å². The van der Waals surface area contributed by atoms with Gasteiger partial charge < -0.3 is 20.4 Å². The highest BCUT2D eigenvalue weighted by atomic mass is 35.5. The SMILES string of the molecule is O=C(Nc1ccc(Cl)c(Cl)c1)N1CCN(C(=O)Nc2ccc(Cl)c(Cl)c2)CC1. The van der Waals surface area contributed by atoms with Crippen molar-refractivity contribution in [2.45, 2.75) is 0 Å². The number of amides is 4. The number of nitrogens with one attached hydrogen (secondary N) is 2. The zero-order valence-corrected chi connectivity index (χ0v) is 17.5. The molecular formula is C18H16Cl4N4O2. The molecule has 0 aliphatic carbocycles. The molecule has 4 amide bonds. The molecule has 3 rings (SSSR count). The summed E-state index contributed by atoms with van der Waals surface area (Å²) >= 11 is 23.7. The van der Waals surface area contributed by atoms with E-state index in [2.05, 4.69) is 10.6 Å². The molecule has 2 N–H and O–H groups in total. The van der Waals surface area contributed by atoms with E-state index in [1.807, 2.05) is 0 Å². The summed E-state index contributed by atoms with van der Waals surface area (Å²) in [4.78, 5) is 28.0. The Labute approximate surface area is 182 Å². The zero-order chi connectivity index (χ0) is 20.3. The van der Waals surface area contributed by atoms with Crippen molar-refractivity contribution < 1.29 is 9.59 Å². The number of benzene rings is 2. The molecule has 6 nitrogen and oxygen atoms in total. The monoisotopic (exact) mass is 460 g/mol. The van der Waals surface area contributed by atoms with Gasteiger partial charge in [-0.25, -0.2) is 9.59 Å². The fraction of sp³-hybridized carbons (Fsp3) is 0.222. The second kappa shape index (κ2) is 9.09. The van der Waals surface area contributed by atoms with Crippen molar-refractivity contribution in [3.63, 3.8) is 0 Å². The van der Waals surface area contributed by atoms with Crippen LogP contribution in [0.1, 0.15) is 0 Å². The Kier molecular flexibility index (Phi) is 6.78. The van der Waals surface area contributed by atoms with Gasteiger partial charge in [-0.15, -0.1) is 0 Å². The molecule has 1 aliphatic rings. The zero-order valence-electron chi connectivity index (χ0n) is 14.5. The van der Waals surface area contributed by atoms with Gasteiger partial charge in [0.2, 0.25) is 0 Å². The van der Waals surface area contributed by atoms with Gasteiger partial charge in [0.15, 0.2) is 0 Å². The second-order valence-electron chi connectivity index (χ2n) is 6.09. The summed E-state index contributed by atoms with van der Waals surface area (Å²) in [6.07, 6.45) is 0. The molecule has 10 heteroatoms. The van der Waals surface area contributed by atoms with Crippen molar-refractivity contribution in [2.24, 2.45) is 0 Å². The minimum absolute atomic E-state index is 0.261. The average Bonchev–Trinajstić information content (AvgIpc) is 2.67. The van der Waals surface area contributed by atoms with Crippen molar-refractivity contribution in [1.29, 1.82) is 0 Å². The third-order valence-corrected chi connectivity index (χ3v) is 5.67. The van der Waals surface area contributed by atoms with Gasteiger partial charge in [0.25, 0.3) is 0 Å².